The summed E-state index contributed by atoms with van der Waals surface area (Å²) < 4.78 is 21.9. The molecule has 0 aliphatic rings. The number of methoxy groups -OCH3 is 1. The molecule has 0 saturated carbocycles. The molecule has 0 amide bonds. The van der Waals surface area contributed by atoms with E-state index in [4.69, 9.17) is 18.4 Å². The van der Waals surface area contributed by atoms with Crippen LogP contribution in [0, 0.1) is 0 Å². The van der Waals surface area contributed by atoms with Crippen LogP contribution in [0.5, 0.6) is 5.75 Å². The largest absolute Gasteiger partial charge is 0.497 e. The molecule has 2 aromatic heterocycles. The topological polar surface area (TPSA) is 110 Å². The Morgan fingerprint density at radius 1 is 1.14 bits per heavy atom. The minimum Gasteiger partial charge on any atom is -0.497 e. The molecule has 2 aromatic carbocycles. The second kappa shape index (κ2) is 8.01. The van der Waals surface area contributed by atoms with E-state index in [1.807, 2.05) is 0 Å². The van der Waals surface area contributed by atoms with Crippen LogP contribution in [0.15, 0.2) is 62.3 Å². The van der Waals surface area contributed by atoms with E-state index in [1.54, 1.807) is 55.6 Å². The van der Waals surface area contributed by atoms with Crippen LogP contribution in [0.1, 0.15) is 12.3 Å². The van der Waals surface area contributed by atoms with Crippen molar-refractivity contribution in [3.63, 3.8) is 0 Å². The van der Waals surface area contributed by atoms with E-state index in [1.165, 1.54) is 4.57 Å². The van der Waals surface area contributed by atoms with Gasteiger partial charge in [-0.25, -0.2) is 4.79 Å². The first-order valence-electron chi connectivity index (χ1n) is 8.85. The number of para-hydroxylation sites is 2. The summed E-state index contributed by atoms with van der Waals surface area (Å²) in [5.41, 5.74) is 1.85. The van der Waals surface area contributed by atoms with Crippen molar-refractivity contribution in [3.05, 3.63) is 65.0 Å². The van der Waals surface area contributed by atoms with Crippen LogP contribution < -0.4 is 10.5 Å². The van der Waals surface area contributed by atoms with E-state index in [0.29, 0.717) is 16.9 Å². The van der Waals surface area contributed by atoms with Crippen molar-refractivity contribution in [2.45, 2.75) is 19.6 Å². The fraction of sp³-hybridized carbons (Fsp3) is 0.200. The lowest BCUT2D eigenvalue weighted by Crippen LogP contribution is -2.17. The van der Waals surface area contributed by atoms with Crippen molar-refractivity contribution in [1.82, 2.24) is 14.7 Å². The summed E-state index contributed by atoms with van der Waals surface area (Å²) in [5, 5.41) is 3.88. The van der Waals surface area contributed by atoms with Crippen LogP contribution in [-0.4, -0.2) is 27.8 Å². The van der Waals surface area contributed by atoms with Crippen LogP contribution in [0.3, 0.4) is 0 Å². The Morgan fingerprint density at radius 2 is 1.93 bits per heavy atom. The Bertz CT molecular complexity index is 1190. The van der Waals surface area contributed by atoms with Gasteiger partial charge in [0.05, 0.1) is 19.0 Å². The minimum absolute atomic E-state index is 0.00289. The summed E-state index contributed by atoms with van der Waals surface area (Å²) in [7, 11) is 1.58. The normalized spacial score (nSPS) is 10.9. The highest BCUT2D eigenvalue weighted by Crippen LogP contribution is 2.20. The van der Waals surface area contributed by atoms with Crippen LogP contribution >= 0.6 is 0 Å². The van der Waals surface area contributed by atoms with Gasteiger partial charge in [-0.05, 0) is 36.4 Å². The molecule has 4 rings (SSSR count). The third kappa shape index (κ3) is 4.03. The second-order valence-corrected chi connectivity index (χ2v) is 6.14. The second-order valence-electron chi connectivity index (χ2n) is 6.14. The fourth-order valence-electron chi connectivity index (χ4n) is 2.81. The molecule has 9 nitrogen and oxygen atoms in total. The van der Waals surface area contributed by atoms with Crippen molar-refractivity contribution in [3.8, 4) is 17.1 Å². The molecule has 2 heterocycles. The lowest BCUT2D eigenvalue weighted by Gasteiger charge is -2.03. The quantitative estimate of drug-likeness (QED) is 0.439. The van der Waals surface area contributed by atoms with Crippen molar-refractivity contribution in [2.24, 2.45) is 0 Å². The zero-order valence-electron chi connectivity index (χ0n) is 15.5. The van der Waals surface area contributed by atoms with Crippen LogP contribution in [0.4, 0.5) is 0 Å². The number of fused-ring (bicyclic) bond motifs is 1. The van der Waals surface area contributed by atoms with Gasteiger partial charge in [-0.3, -0.25) is 9.36 Å². The Labute approximate surface area is 164 Å². The summed E-state index contributed by atoms with van der Waals surface area (Å²) in [6.07, 6.45) is 0.00289. The summed E-state index contributed by atoms with van der Waals surface area (Å²) in [6, 6.07) is 14.2. The molecule has 0 aliphatic carbocycles. The smallest absolute Gasteiger partial charge is 0.419 e. The first-order chi connectivity index (χ1) is 14.1. The number of aromatic nitrogens is 3. The first kappa shape index (κ1) is 18.5. The summed E-state index contributed by atoms with van der Waals surface area (Å²) >= 11 is 0. The number of aryl methyl sites for hydroxylation is 1. The maximum Gasteiger partial charge on any atom is 0.419 e. The highest BCUT2D eigenvalue weighted by atomic mass is 16.6. The standard InChI is InChI=1S/C20H17N3O6/c1-26-14-8-6-13(7-9-14)19-21-17(29-22-19)12-27-18(24)10-11-23-15-4-2-3-5-16(15)28-20(23)25/h2-9H,10-12H2,1H3. The van der Waals surface area contributed by atoms with Crippen molar-refractivity contribution >= 4 is 17.1 Å². The van der Waals surface area contributed by atoms with E-state index in [2.05, 4.69) is 10.1 Å². The number of oxazole rings is 1. The third-order valence-corrected chi connectivity index (χ3v) is 4.29. The fourth-order valence-corrected chi connectivity index (χ4v) is 2.81. The van der Waals surface area contributed by atoms with Crippen molar-refractivity contribution in [2.75, 3.05) is 7.11 Å². The Morgan fingerprint density at radius 3 is 2.72 bits per heavy atom. The van der Waals surface area contributed by atoms with Crippen LogP contribution in [-0.2, 0) is 22.7 Å². The number of hydrogen-bond donors (Lipinski definition) is 0. The molecule has 0 fully saturated rings. The molecule has 0 aliphatic heterocycles. The van der Waals surface area contributed by atoms with E-state index in [9.17, 15) is 9.59 Å². The summed E-state index contributed by atoms with van der Waals surface area (Å²) in [5.74, 6) is 0.271. The van der Waals surface area contributed by atoms with Gasteiger partial charge in [0, 0.05) is 12.1 Å². The molecule has 4 aromatic rings. The number of nitrogens with zero attached hydrogens (tertiary/aromatic N) is 3. The van der Waals surface area contributed by atoms with Crippen molar-refractivity contribution < 1.29 is 23.2 Å². The zero-order chi connectivity index (χ0) is 20.2. The number of hydrogen-bond acceptors (Lipinski definition) is 8. The maximum absolute atomic E-state index is 12.0. The van der Waals surface area contributed by atoms with Crippen LogP contribution in [0.25, 0.3) is 22.5 Å². The SMILES string of the molecule is COc1ccc(-c2noc(COC(=O)CCn3c(=O)oc4ccccc43)n2)cc1. The molecule has 29 heavy (non-hydrogen) atoms. The molecule has 9 heteroatoms. The lowest BCUT2D eigenvalue weighted by atomic mass is 10.2. The van der Waals surface area contributed by atoms with E-state index < -0.39 is 11.7 Å². The average molecular weight is 395 g/mol. The maximum atomic E-state index is 12.0. The molecule has 0 radical (unpaired) electrons. The van der Waals surface area contributed by atoms with E-state index in [-0.39, 0.29) is 25.5 Å². The predicted molar refractivity (Wildman–Crippen MR) is 101 cm³/mol. The number of ether oxygens (including phenoxy) is 2. The van der Waals surface area contributed by atoms with Gasteiger partial charge >= 0.3 is 11.7 Å². The molecule has 0 spiro atoms. The van der Waals surface area contributed by atoms with E-state index >= 15 is 0 Å². The van der Waals surface area contributed by atoms with Gasteiger partial charge in [-0.15, -0.1) is 0 Å². The zero-order valence-corrected chi connectivity index (χ0v) is 15.5. The minimum atomic E-state index is -0.514. The van der Waals surface area contributed by atoms with Gasteiger partial charge in [0.1, 0.15) is 5.75 Å². The molecule has 0 atom stereocenters. The average Bonchev–Trinajstić information content (AvgIpc) is 3.34. The Kier molecular flexibility index (Phi) is 5.10. The highest BCUT2D eigenvalue weighted by Gasteiger charge is 2.13. The number of benzene rings is 2. The lowest BCUT2D eigenvalue weighted by molar-refractivity contribution is -0.146. The monoisotopic (exact) mass is 395 g/mol. The molecule has 0 N–H and O–H groups in total. The predicted octanol–water partition coefficient (Wildman–Crippen LogP) is 2.79. The molecule has 0 bridgehead atoms. The van der Waals surface area contributed by atoms with Crippen molar-refractivity contribution in [1.29, 1.82) is 0 Å². The van der Waals surface area contributed by atoms with Gasteiger partial charge in [-0.2, -0.15) is 4.98 Å². The summed E-state index contributed by atoms with van der Waals surface area (Å²) in [4.78, 5) is 28.2. The third-order valence-electron chi connectivity index (χ3n) is 4.29. The number of esters is 1. The number of carbonyl (C=O) groups excluding carboxylic acids is 1. The molecule has 148 valence electrons. The Hall–Kier alpha value is -3.88. The van der Waals surface area contributed by atoms with Gasteiger partial charge in [0.25, 0.3) is 5.89 Å². The molecular weight excluding hydrogens is 378 g/mol. The van der Waals surface area contributed by atoms with E-state index in [0.717, 1.165) is 11.3 Å². The molecular formula is C20H17N3O6. The van der Waals surface area contributed by atoms with Gasteiger partial charge in [0.15, 0.2) is 12.2 Å². The van der Waals surface area contributed by atoms with Crippen LogP contribution in [0.2, 0.25) is 0 Å². The number of rotatable bonds is 7. The van der Waals surface area contributed by atoms with Gasteiger partial charge < -0.3 is 18.4 Å². The Balaban J connectivity index is 1.33. The molecule has 0 unspecified atom stereocenters. The van der Waals surface area contributed by atoms with Gasteiger partial charge in [-0.1, -0.05) is 17.3 Å². The van der Waals surface area contributed by atoms with Gasteiger partial charge in [0.2, 0.25) is 5.82 Å². The number of carbonyl (C=O) groups is 1. The highest BCUT2D eigenvalue weighted by molar-refractivity contribution is 5.73. The molecule has 0 saturated heterocycles. The summed E-state index contributed by atoms with van der Waals surface area (Å²) in [6.45, 7) is -0.00136. The first-order valence-corrected chi connectivity index (χ1v) is 8.85.